The van der Waals surface area contributed by atoms with Crippen LogP contribution in [-0.2, 0) is 17.1 Å². The minimum atomic E-state index is -1.07. The fourth-order valence-corrected chi connectivity index (χ4v) is 1.24. The molecule has 6 heteroatoms. The number of hydrogen-bond donors (Lipinski definition) is 1. The Hall–Kier alpha value is -1.39. The quantitative estimate of drug-likeness (QED) is 0.493. The standard InChI is InChI=1S/C9H9NO4.Mn/c1-5-6(2)8(10(13)14)4-3-7(5)9(11)12;/h3-4H,1-2H3,(H,11,12);. The number of carbonyl (C=O) groups is 1. The molecule has 0 heterocycles. The summed E-state index contributed by atoms with van der Waals surface area (Å²) in [4.78, 5) is 20.7. The molecule has 0 bridgehead atoms. The smallest absolute Gasteiger partial charge is 0.335 e. The predicted molar refractivity (Wildman–Crippen MR) is 49.5 cm³/mol. The first-order valence-electron chi connectivity index (χ1n) is 3.93. The largest absolute Gasteiger partial charge is 0.478 e. The molecule has 1 rings (SSSR count). The molecule has 0 amide bonds. The Balaban J connectivity index is 0.00000196. The molecule has 1 radical (unpaired) electrons. The van der Waals surface area contributed by atoms with E-state index in [1.807, 2.05) is 0 Å². The van der Waals surface area contributed by atoms with E-state index in [1.54, 1.807) is 13.8 Å². The van der Waals surface area contributed by atoms with Crippen molar-refractivity contribution < 1.29 is 31.9 Å². The summed E-state index contributed by atoms with van der Waals surface area (Å²) in [6.07, 6.45) is 0. The molecule has 0 fully saturated rings. The van der Waals surface area contributed by atoms with Crippen LogP contribution in [0.2, 0.25) is 0 Å². The summed E-state index contributed by atoms with van der Waals surface area (Å²) in [6, 6.07) is 2.47. The van der Waals surface area contributed by atoms with Gasteiger partial charge in [-0.15, -0.1) is 0 Å². The van der Waals surface area contributed by atoms with Gasteiger partial charge in [-0.2, -0.15) is 0 Å². The van der Waals surface area contributed by atoms with Gasteiger partial charge in [0, 0.05) is 28.7 Å². The van der Waals surface area contributed by atoms with Gasteiger partial charge in [-0.25, -0.2) is 4.79 Å². The van der Waals surface area contributed by atoms with Crippen molar-refractivity contribution in [2.45, 2.75) is 13.8 Å². The van der Waals surface area contributed by atoms with Gasteiger partial charge in [-0.3, -0.25) is 10.1 Å². The van der Waals surface area contributed by atoms with Gasteiger partial charge in [-0.05, 0) is 25.5 Å². The number of nitrogens with zero attached hydrogens (tertiary/aromatic N) is 1. The number of nitro benzene ring substituents is 1. The van der Waals surface area contributed by atoms with Gasteiger partial charge >= 0.3 is 5.97 Å². The summed E-state index contributed by atoms with van der Waals surface area (Å²) in [6.45, 7) is 3.10. The average Bonchev–Trinajstić information content (AvgIpc) is 2.08. The van der Waals surface area contributed by atoms with Crippen molar-refractivity contribution in [1.82, 2.24) is 0 Å². The zero-order chi connectivity index (χ0) is 10.9. The normalized spacial score (nSPS) is 9.20. The summed E-state index contributed by atoms with van der Waals surface area (Å²) >= 11 is 0. The van der Waals surface area contributed by atoms with Crippen LogP contribution in [0.1, 0.15) is 21.5 Å². The van der Waals surface area contributed by atoms with Gasteiger partial charge in [0.2, 0.25) is 0 Å². The van der Waals surface area contributed by atoms with Gasteiger partial charge in [0.1, 0.15) is 0 Å². The van der Waals surface area contributed by atoms with Crippen LogP contribution < -0.4 is 0 Å². The van der Waals surface area contributed by atoms with Crippen molar-refractivity contribution in [2.75, 3.05) is 0 Å². The molecule has 5 nitrogen and oxygen atoms in total. The second-order valence-corrected chi connectivity index (χ2v) is 2.94. The Morgan fingerprint density at radius 2 is 1.87 bits per heavy atom. The van der Waals surface area contributed by atoms with Crippen molar-refractivity contribution in [1.29, 1.82) is 0 Å². The van der Waals surface area contributed by atoms with Crippen molar-refractivity contribution in [2.24, 2.45) is 0 Å². The van der Waals surface area contributed by atoms with Crippen molar-refractivity contribution in [3.05, 3.63) is 38.9 Å². The maximum Gasteiger partial charge on any atom is 0.335 e. The molecular formula is C9H9MnNO4. The molecule has 0 saturated heterocycles. The maximum atomic E-state index is 10.7. The van der Waals surface area contributed by atoms with E-state index in [0.717, 1.165) is 0 Å². The van der Waals surface area contributed by atoms with Crippen molar-refractivity contribution in [3.63, 3.8) is 0 Å². The van der Waals surface area contributed by atoms with E-state index in [2.05, 4.69) is 0 Å². The zero-order valence-electron chi connectivity index (χ0n) is 8.15. The van der Waals surface area contributed by atoms with E-state index in [1.165, 1.54) is 12.1 Å². The molecule has 15 heavy (non-hydrogen) atoms. The number of carboxylic acid groups (broad SMARTS) is 1. The van der Waals surface area contributed by atoms with E-state index in [-0.39, 0.29) is 28.3 Å². The summed E-state index contributed by atoms with van der Waals surface area (Å²) in [5, 5.41) is 19.3. The molecule has 81 valence electrons. The summed E-state index contributed by atoms with van der Waals surface area (Å²) in [5.74, 6) is -1.07. The maximum absolute atomic E-state index is 10.7. The fourth-order valence-electron chi connectivity index (χ4n) is 1.24. The minimum Gasteiger partial charge on any atom is -0.478 e. The Bertz CT molecular complexity index is 378. The van der Waals surface area contributed by atoms with Crippen molar-refractivity contribution in [3.8, 4) is 0 Å². The van der Waals surface area contributed by atoms with Gasteiger partial charge in [-0.1, -0.05) is 0 Å². The third-order valence-electron chi connectivity index (χ3n) is 2.19. The summed E-state index contributed by atoms with van der Waals surface area (Å²) in [7, 11) is 0. The van der Waals surface area contributed by atoms with E-state index < -0.39 is 10.9 Å². The average molecular weight is 250 g/mol. The van der Waals surface area contributed by atoms with E-state index in [9.17, 15) is 14.9 Å². The molecule has 0 aromatic heterocycles. The number of aromatic carboxylic acids is 1. The van der Waals surface area contributed by atoms with E-state index in [0.29, 0.717) is 11.1 Å². The molecule has 0 saturated carbocycles. The molecule has 0 spiro atoms. The van der Waals surface area contributed by atoms with Gasteiger partial charge < -0.3 is 5.11 Å². The third kappa shape index (κ3) is 2.55. The molecule has 0 aliphatic heterocycles. The number of nitro groups is 1. The Morgan fingerprint density at radius 1 is 1.33 bits per heavy atom. The zero-order valence-corrected chi connectivity index (χ0v) is 9.33. The number of carboxylic acids is 1. The fraction of sp³-hybridized carbons (Fsp3) is 0.222. The molecule has 0 unspecified atom stereocenters. The number of benzene rings is 1. The summed E-state index contributed by atoms with van der Waals surface area (Å²) < 4.78 is 0. The van der Waals surface area contributed by atoms with E-state index in [4.69, 9.17) is 5.11 Å². The first kappa shape index (κ1) is 13.6. The predicted octanol–water partition coefficient (Wildman–Crippen LogP) is 1.91. The van der Waals surface area contributed by atoms with Gasteiger partial charge in [0.05, 0.1) is 10.5 Å². The monoisotopic (exact) mass is 250 g/mol. The Morgan fingerprint density at radius 3 is 2.27 bits per heavy atom. The summed E-state index contributed by atoms with van der Waals surface area (Å²) in [5.41, 5.74) is 0.891. The van der Waals surface area contributed by atoms with Crippen LogP contribution in [0.4, 0.5) is 5.69 Å². The van der Waals surface area contributed by atoms with Gasteiger partial charge in [0.15, 0.2) is 0 Å². The molecule has 0 atom stereocenters. The first-order valence-corrected chi connectivity index (χ1v) is 3.93. The molecule has 1 N–H and O–H groups in total. The Kier molecular flexibility index (Phi) is 4.45. The third-order valence-corrected chi connectivity index (χ3v) is 2.19. The number of hydrogen-bond acceptors (Lipinski definition) is 3. The van der Waals surface area contributed by atoms with Gasteiger partial charge in [0.25, 0.3) is 5.69 Å². The van der Waals surface area contributed by atoms with Crippen LogP contribution in [0.5, 0.6) is 0 Å². The molecule has 0 aliphatic carbocycles. The molecular weight excluding hydrogens is 241 g/mol. The van der Waals surface area contributed by atoms with Crippen LogP contribution in [0.3, 0.4) is 0 Å². The SMILES string of the molecule is Cc1c(C(=O)O)ccc([N+](=O)[O-])c1C.[Mn]. The second kappa shape index (κ2) is 4.91. The topological polar surface area (TPSA) is 80.4 Å². The number of rotatable bonds is 2. The molecule has 0 aliphatic rings. The second-order valence-electron chi connectivity index (χ2n) is 2.94. The van der Waals surface area contributed by atoms with Crippen LogP contribution in [0.15, 0.2) is 12.1 Å². The van der Waals surface area contributed by atoms with Crippen LogP contribution in [0.25, 0.3) is 0 Å². The first-order chi connectivity index (χ1) is 6.45. The van der Waals surface area contributed by atoms with Crippen LogP contribution >= 0.6 is 0 Å². The van der Waals surface area contributed by atoms with Crippen LogP contribution in [-0.4, -0.2) is 16.0 Å². The van der Waals surface area contributed by atoms with E-state index >= 15 is 0 Å². The van der Waals surface area contributed by atoms with Crippen molar-refractivity contribution >= 4 is 11.7 Å². The van der Waals surface area contributed by atoms with Crippen LogP contribution in [0, 0.1) is 24.0 Å². The Labute approximate surface area is 96.7 Å². The molecule has 1 aromatic carbocycles. The molecule has 1 aromatic rings. The minimum absolute atomic E-state index is 0.